The number of carbonyl (C=O) groups is 1. The Hall–Kier alpha value is -1.70. The molecule has 2 aromatic rings. The zero-order valence-corrected chi connectivity index (χ0v) is 17.4. The molecule has 0 heterocycles. The second kappa shape index (κ2) is 8.79. The van der Waals surface area contributed by atoms with Crippen molar-refractivity contribution in [2.75, 3.05) is 11.9 Å². The summed E-state index contributed by atoms with van der Waals surface area (Å²) in [6, 6.07) is 14.6. The number of anilines is 1. The van der Waals surface area contributed by atoms with Crippen molar-refractivity contribution in [2.45, 2.75) is 31.9 Å². The Labute approximate surface area is 163 Å². The summed E-state index contributed by atoms with van der Waals surface area (Å²) in [4.78, 5) is 12.2. The highest BCUT2D eigenvalue weighted by molar-refractivity contribution is 9.10. The third kappa shape index (κ3) is 5.65. The van der Waals surface area contributed by atoms with Gasteiger partial charge in [0.25, 0.3) is 5.91 Å². The molecule has 1 atom stereocenters. The Kier molecular flexibility index (Phi) is 6.97. The molecule has 0 aliphatic rings. The molecule has 2 aromatic carbocycles. The first kappa shape index (κ1) is 20.6. The van der Waals surface area contributed by atoms with Crippen LogP contribution in [0, 0.1) is 0 Å². The molecule has 7 heteroatoms. The Morgan fingerprint density at radius 3 is 2.12 bits per heavy atom. The largest absolute Gasteiger partial charge is 0.322 e. The minimum Gasteiger partial charge on any atom is -0.322 e. The van der Waals surface area contributed by atoms with Crippen LogP contribution < -0.4 is 10.0 Å². The molecule has 0 fully saturated rings. The number of carbonyl (C=O) groups excluding carboxylic acids is 1. The lowest BCUT2D eigenvalue weighted by atomic mass is 10.0. The molecule has 2 rings (SSSR count). The number of nitrogens with one attached hydrogen (secondary N) is 2. The lowest BCUT2D eigenvalue weighted by molar-refractivity contribution is 0.102. The zero-order valence-electron chi connectivity index (χ0n) is 15.0. The molecule has 0 aliphatic heterocycles. The quantitative estimate of drug-likeness (QED) is 0.681. The Morgan fingerprint density at radius 2 is 1.58 bits per heavy atom. The van der Waals surface area contributed by atoms with Gasteiger partial charge in [0.2, 0.25) is 10.0 Å². The average Bonchev–Trinajstić information content (AvgIpc) is 2.60. The summed E-state index contributed by atoms with van der Waals surface area (Å²) < 4.78 is 27.2. The van der Waals surface area contributed by atoms with Crippen molar-refractivity contribution in [1.29, 1.82) is 0 Å². The highest BCUT2D eigenvalue weighted by atomic mass is 79.9. The molecule has 0 spiro atoms. The van der Waals surface area contributed by atoms with Crippen LogP contribution in [0.25, 0.3) is 0 Å². The summed E-state index contributed by atoms with van der Waals surface area (Å²) in [6.07, 6.45) is 0. The molecule has 26 heavy (non-hydrogen) atoms. The van der Waals surface area contributed by atoms with E-state index in [2.05, 4.69) is 26.0 Å². The zero-order chi connectivity index (χ0) is 19.3. The van der Waals surface area contributed by atoms with Gasteiger partial charge in [0.05, 0.1) is 5.25 Å². The molecule has 0 saturated carbocycles. The lowest BCUT2D eigenvalue weighted by Crippen LogP contribution is -2.33. The maximum Gasteiger partial charge on any atom is 0.255 e. The molecule has 0 saturated heterocycles. The molecule has 140 valence electrons. The SMILES string of the molecule is CC(CNS(=O)(=O)C(C)C)c1ccc(NC(=O)c2ccc(Br)cc2)cc1. The normalized spacial score (nSPS) is 12.8. The molecule has 1 unspecified atom stereocenters. The van der Waals surface area contributed by atoms with Crippen molar-refractivity contribution in [3.63, 3.8) is 0 Å². The van der Waals surface area contributed by atoms with Crippen LogP contribution in [0.2, 0.25) is 0 Å². The first-order valence-electron chi connectivity index (χ1n) is 8.34. The average molecular weight is 439 g/mol. The topological polar surface area (TPSA) is 75.3 Å². The van der Waals surface area contributed by atoms with Crippen LogP contribution in [0.15, 0.2) is 53.0 Å². The van der Waals surface area contributed by atoms with Gasteiger partial charge in [-0.3, -0.25) is 4.79 Å². The smallest absolute Gasteiger partial charge is 0.255 e. The number of rotatable bonds is 7. The second-order valence-corrected chi connectivity index (χ2v) is 9.66. The lowest BCUT2D eigenvalue weighted by Gasteiger charge is -2.15. The van der Waals surface area contributed by atoms with Crippen LogP contribution in [0.3, 0.4) is 0 Å². The van der Waals surface area contributed by atoms with E-state index >= 15 is 0 Å². The van der Waals surface area contributed by atoms with Crippen molar-refractivity contribution in [1.82, 2.24) is 4.72 Å². The van der Waals surface area contributed by atoms with E-state index in [0.29, 0.717) is 17.8 Å². The molecule has 2 N–H and O–H groups in total. The van der Waals surface area contributed by atoms with Gasteiger partial charge in [0, 0.05) is 22.3 Å². The molecule has 0 radical (unpaired) electrons. The van der Waals surface area contributed by atoms with Crippen LogP contribution in [0.1, 0.15) is 42.6 Å². The van der Waals surface area contributed by atoms with E-state index in [9.17, 15) is 13.2 Å². The summed E-state index contributed by atoms with van der Waals surface area (Å²) in [5, 5.41) is 2.40. The van der Waals surface area contributed by atoms with E-state index < -0.39 is 15.3 Å². The van der Waals surface area contributed by atoms with Crippen LogP contribution in [-0.2, 0) is 10.0 Å². The van der Waals surface area contributed by atoms with Crippen LogP contribution in [0.5, 0.6) is 0 Å². The fourth-order valence-corrected chi connectivity index (χ4v) is 3.31. The van der Waals surface area contributed by atoms with Crippen molar-refractivity contribution >= 4 is 37.5 Å². The van der Waals surface area contributed by atoms with E-state index in [4.69, 9.17) is 0 Å². The van der Waals surface area contributed by atoms with Gasteiger partial charge in [-0.05, 0) is 61.7 Å². The molecule has 5 nitrogen and oxygen atoms in total. The maximum absolute atomic E-state index is 12.2. The molecule has 1 amide bonds. The first-order chi connectivity index (χ1) is 12.2. The van der Waals surface area contributed by atoms with Gasteiger partial charge in [-0.25, -0.2) is 13.1 Å². The van der Waals surface area contributed by atoms with E-state index in [1.807, 2.05) is 43.3 Å². The van der Waals surface area contributed by atoms with Crippen molar-refractivity contribution in [3.05, 3.63) is 64.1 Å². The number of benzene rings is 2. The van der Waals surface area contributed by atoms with Crippen LogP contribution >= 0.6 is 15.9 Å². The highest BCUT2D eigenvalue weighted by Crippen LogP contribution is 2.19. The van der Waals surface area contributed by atoms with Gasteiger partial charge >= 0.3 is 0 Å². The van der Waals surface area contributed by atoms with Crippen LogP contribution in [-0.4, -0.2) is 26.1 Å². The van der Waals surface area contributed by atoms with Crippen molar-refractivity contribution in [2.24, 2.45) is 0 Å². The minimum absolute atomic E-state index is 0.0275. The summed E-state index contributed by atoms with van der Waals surface area (Å²) in [6.45, 7) is 5.59. The van der Waals surface area contributed by atoms with Gasteiger partial charge in [0.1, 0.15) is 0 Å². The first-order valence-corrected chi connectivity index (χ1v) is 10.7. The number of hydrogen-bond acceptors (Lipinski definition) is 3. The van der Waals surface area contributed by atoms with Gasteiger partial charge in [-0.2, -0.15) is 0 Å². The van der Waals surface area contributed by atoms with Crippen LogP contribution in [0.4, 0.5) is 5.69 Å². The van der Waals surface area contributed by atoms with Gasteiger partial charge in [0.15, 0.2) is 0 Å². The second-order valence-electron chi connectivity index (χ2n) is 6.43. The monoisotopic (exact) mass is 438 g/mol. The highest BCUT2D eigenvalue weighted by Gasteiger charge is 2.17. The van der Waals surface area contributed by atoms with Crippen molar-refractivity contribution in [3.8, 4) is 0 Å². The van der Waals surface area contributed by atoms with Crippen molar-refractivity contribution < 1.29 is 13.2 Å². The minimum atomic E-state index is -3.27. The molecular formula is C19H23BrN2O3S. The van der Waals surface area contributed by atoms with Gasteiger partial charge in [-0.1, -0.05) is 35.0 Å². The summed E-state index contributed by atoms with van der Waals surface area (Å²) in [5.74, 6) is -0.150. The summed E-state index contributed by atoms with van der Waals surface area (Å²) >= 11 is 3.34. The van der Waals surface area contributed by atoms with E-state index in [0.717, 1.165) is 10.0 Å². The third-order valence-electron chi connectivity index (χ3n) is 4.06. The molecular weight excluding hydrogens is 416 g/mol. The number of hydrogen-bond donors (Lipinski definition) is 2. The molecule has 0 bridgehead atoms. The van der Waals surface area contributed by atoms with E-state index in [-0.39, 0.29) is 11.8 Å². The predicted octanol–water partition coefficient (Wildman–Crippen LogP) is 4.13. The summed E-state index contributed by atoms with van der Waals surface area (Å²) in [7, 11) is -3.27. The Balaban J connectivity index is 1.97. The van der Waals surface area contributed by atoms with Gasteiger partial charge < -0.3 is 5.32 Å². The number of sulfonamides is 1. The fourth-order valence-electron chi connectivity index (χ4n) is 2.23. The third-order valence-corrected chi connectivity index (χ3v) is 6.39. The molecule has 0 aromatic heterocycles. The van der Waals surface area contributed by atoms with E-state index in [1.54, 1.807) is 26.0 Å². The van der Waals surface area contributed by atoms with Gasteiger partial charge in [-0.15, -0.1) is 0 Å². The predicted molar refractivity (Wildman–Crippen MR) is 109 cm³/mol. The van der Waals surface area contributed by atoms with E-state index in [1.165, 1.54) is 0 Å². The Bertz CT molecular complexity index is 847. The molecule has 0 aliphatic carbocycles. The fraction of sp³-hybridized carbons (Fsp3) is 0.316. The number of amides is 1. The summed E-state index contributed by atoms with van der Waals surface area (Å²) in [5.41, 5.74) is 2.27. The Morgan fingerprint density at radius 1 is 1.00 bits per heavy atom. The maximum atomic E-state index is 12.2. The number of halogens is 1. The standard InChI is InChI=1S/C19H23BrN2O3S/c1-13(2)26(24,25)21-12-14(3)15-6-10-18(11-7-15)22-19(23)16-4-8-17(20)9-5-16/h4-11,13-14,21H,12H2,1-3H3,(H,22,23).